The zero-order chi connectivity index (χ0) is 16.2. The molecule has 0 unspecified atom stereocenters. The average Bonchev–Trinajstić information content (AvgIpc) is 3.14. The van der Waals surface area contributed by atoms with Crippen LogP contribution in [0, 0.1) is 0 Å². The molecule has 3 heterocycles. The smallest absolute Gasteiger partial charge is 0.231 e. The van der Waals surface area contributed by atoms with E-state index in [1.54, 1.807) is 24.0 Å². The van der Waals surface area contributed by atoms with Crippen LogP contribution in [0.4, 0.5) is 11.6 Å². The molecule has 0 aliphatic rings. The van der Waals surface area contributed by atoms with Gasteiger partial charge >= 0.3 is 0 Å². The zero-order valence-electron chi connectivity index (χ0n) is 12.1. The number of hydrogen-bond acceptors (Lipinski definition) is 8. The summed E-state index contributed by atoms with van der Waals surface area (Å²) in [6.45, 7) is 0. The number of hydrogen-bond donors (Lipinski definition) is 3. The minimum absolute atomic E-state index is 0.000211. The maximum absolute atomic E-state index is 12.1. The molecule has 4 N–H and O–H groups in total. The topological polar surface area (TPSA) is 140 Å². The molecule has 1 amide bonds. The Balaban J connectivity index is 1.70. The van der Waals surface area contributed by atoms with Crippen molar-refractivity contribution >= 4 is 29.3 Å². The third-order valence-corrected chi connectivity index (χ3v) is 3.55. The number of nitrogens with one attached hydrogen (secondary N) is 2. The van der Waals surface area contributed by atoms with Gasteiger partial charge in [-0.1, -0.05) is 0 Å². The van der Waals surface area contributed by atoms with Crippen LogP contribution in [0.15, 0.2) is 35.0 Å². The maximum atomic E-state index is 12.1. The Morgan fingerprint density at radius 3 is 3.04 bits per heavy atom. The first-order valence-corrected chi connectivity index (χ1v) is 7.36. The van der Waals surface area contributed by atoms with Crippen molar-refractivity contribution in [3.05, 3.63) is 30.5 Å². The number of carbonyl (C=O) groups excluding carboxylic acids is 1. The van der Waals surface area contributed by atoms with E-state index in [-0.39, 0.29) is 18.1 Å². The van der Waals surface area contributed by atoms with Gasteiger partial charge in [0, 0.05) is 19.3 Å². The average molecular weight is 331 g/mol. The number of nitrogen functional groups attached to an aromatic ring is 1. The van der Waals surface area contributed by atoms with E-state index in [9.17, 15) is 4.79 Å². The SMILES string of the molecule is Cn1ccc(NC(=O)Cc2nc(Sc3ncn[nH]3)cnc2N)n1. The Hall–Kier alpha value is -2.95. The highest BCUT2D eigenvalue weighted by atomic mass is 32.2. The lowest BCUT2D eigenvalue weighted by Crippen LogP contribution is -2.17. The number of aromatic amines is 1. The second-order valence-electron chi connectivity index (χ2n) is 4.53. The normalized spacial score (nSPS) is 10.7. The molecular weight excluding hydrogens is 318 g/mol. The summed E-state index contributed by atoms with van der Waals surface area (Å²) in [6, 6.07) is 1.70. The molecule has 0 atom stereocenters. The summed E-state index contributed by atoms with van der Waals surface area (Å²) in [5, 5.41) is 14.4. The molecular formula is C12H13N9OS. The quantitative estimate of drug-likeness (QED) is 0.604. The van der Waals surface area contributed by atoms with Gasteiger partial charge in [0.15, 0.2) is 11.0 Å². The molecule has 3 rings (SSSR count). The highest BCUT2D eigenvalue weighted by Crippen LogP contribution is 2.22. The summed E-state index contributed by atoms with van der Waals surface area (Å²) >= 11 is 1.25. The largest absolute Gasteiger partial charge is 0.382 e. The van der Waals surface area contributed by atoms with Gasteiger partial charge in [0.25, 0.3) is 0 Å². The van der Waals surface area contributed by atoms with E-state index in [4.69, 9.17) is 5.73 Å². The molecule has 0 saturated heterocycles. The Kier molecular flexibility index (Phi) is 4.19. The van der Waals surface area contributed by atoms with Crippen LogP contribution in [0.25, 0.3) is 0 Å². The minimum Gasteiger partial charge on any atom is -0.382 e. The highest BCUT2D eigenvalue weighted by Gasteiger charge is 2.13. The number of aromatic nitrogens is 7. The van der Waals surface area contributed by atoms with Crippen molar-refractivity contribution in [3.63, 3.8) is 0 Å². The molecule has 0 aliphatic heterocycles. The van der Waals surface area contributed by atoms with Gasteiger partial charge in [-0.25, -0.2) is 15.0 Å². The fourth-order valence-corrected chi connectivity index (χ4v) is 2.42. The Morgan fingerprint density at radius 1 is 1.48 bits per heavy atom. The van der Waals surface area contributed by atoms with Gasteiger partial charge in [-0.3, -0.25) is 14.6 Å². The van der Waals surface area contributed by atoms with E-state index in [0.29, 0.717) is 21.7 Å². The van der Waals surface area contributed by atoms with Crippen LogP contribution in [0.1, 0.15) is 5.69 Å². The van der Waals surface area contributed by atoms with Crippen LogP contribution in [-0.2, 0) is 18.3 Å². The number of rotatable bonds is 5. The van der Waals surface area contributed by atoms with E-state index < -0.39 is 0 Å². The van der Waals surface area contributed by atoms with E-state index in [1.165, 1.54) is 24.3 Å². The van der Waals surface area contributed by atoms with Crippen molar-refractivity contribution in [1.29, 1.82) is 0 Å². The zero-order valence-corrected chi connectivity index (χ0v) is 12.9. The van der Waals surface area contributed by atoms with Gasteiger partial charge in [-0.05, 0) is 11.8 Å². The van der Waals surface area contributed by atoms with Gasteiger partial charge in [-0.2, -0.15) is 10.2 Å². The molecule has 11 heteroatoms. The second-order valence-corrected chi connectivity index (χ2v) is 5.54. The van der Waals surface area contributed by atoms with Crippen LogP contribution in [-0.4, -0.2) is 40.8 Å². The molecule has 0 bridgehead atoms. The first-order valence-electron chi connectivity index (χ1n) is 6.54. The lowest BCUT2D eigenvalue weighted by Gasteiger charge is -2.06. The van der Waals surface area contributed by atoms with E-state index in [1.807, 2.05) is 0 Å². The van der Waals surface area contributed by atoms with Gasteiger partial charge < -0.3 is 11.1 Å². The molecule has 0 aromatic carbocycles. The van der Waals surface area contributed by atoms with E-state index in [0.717, 1.165) is 0 Å². The molecule has 23 heavy (non-hydrogen) atoms. The van der Waals surface area contributed by atoms with Crippen molar-refractivity contribution in [2.24, 2.45) is 7.05 Å². The van der Waals surface area contributed by atoms with Crippen LogP contribution in [0.2, 0.25) is 0 Å². The van der Waals surface area contributed by atoms with E-state index >= 15 is 0 Å². The van der Waals surface area contributed by atoms with E-state index in [2.05, 4.69) is 35.6 Å². The van der Waals surface area contributed by atoms with Crippen molar-refractivity contribution in [1.82, 2.24) is 34.9 Å². The van der Waals surface area contributed by atoms with Crippen LogP contribution < -0.4 is 11.1 Å². The Bertz CT molecular complexity index is 814. The molecule has 3 aromatic heterocycles. The molecule has 3 aromatic rings. The molecule has 118 valence electrons. The van der Waals surface area contributed by atoms with Gasteiger partial charge in [0.2, 0.25) is 5.91 Å². The second kappa shape index (κ2) is 6.44. The van der Waals surface area contributed by atoms with Crippen LogP contribution in [0.5, 0.6) is 0 Å². The number of nitrogens with two attached hydrogens (primary N) is 1. The summed E-state index contributed by atoms with van der Waals surface area (Å²) in [4.78, 5) is 24.4. The lowest BCUT2D eigenvalue weighted by molar-refractivity contribution is -0.115. The highest BCUT2D eigenvalue weighted by molar-refractivity contribution is 7.99. The summed E-state index contributed by atoms with van der Waals surface area (Å²) in [5.41, 5.74) is 6.18. The number of H-pyrrole nitrogens is 1. The standard InChI is InChI=1S/C12H13N9OS/c1-21-3-2-8(20-21)18-9(22)4-7-11(13)14-5-10(17-7)23-12-15-6-16-19-12/h2-3,5-6H,4H2,1H3,(H2,13,14)(H,15,16,19)(H,18,20,22). The van der Waals surface area contributed by atoms with Crippen molar-refractivity contribution in [2.45, 2.75) is 16.6 Å². The summed E-state index contributed by atoms with van der Waals surface area (Å²) < 4.78 is 1.60. The number of carbonyl (C=O) groups is 1. The van der Waals surface area contributed by atoms with Crippen LogP contribution >= 0.6 is 11.8 Å². The molecule has 0 spiro atoms. The Morgan fingerprint density at radius 2 is 2.35 bits per heavy atom. The fraction of sp³-hybridized carbons (Fsp3) is 0.167. The predicted molar refractivity (Wildman–Crippen MR) is 82.5 cm³/mol. The number of amides is 1. The number of nitrogens with zero attached hydrogens (tertiary/aromatic N) is 6. The fourth-order valence-electron chi connectivity index (χ4n) is 1.76. The number of anilines is 2. The number of aryl methyl sites for hydroxylation is 1. The van der Waals surface area contributed by atoms with Gasteiger partial charge in [0.1, 0.15) is 17.2 Å². The van der Waals surface area contributed by atoms with Crippen molar-refractivity contribution in [2.75, 3.05) is 11.1 Å². The molecule has 10 nitrogen and oxygen atoms in total. The first kappa shape index (κ1) is 15.0. The maximum Gasteiger partial charge on any atom is 0.231 e. The predicted octanol–water partition coefficient (Wildman–Crippen LogP) is 0.243. The van der Waals surface area contributed by atoms with Crippen molar-refractivity contribution in [3.8, 4) is 0 Å². The molecule has 0 radical (unpaired) electrons. The molecule has 0 aliphatic carbocycles. The summed E-state index contributed by atoms with van der Waals surface area (Å²) in [5.74, 6) is 0.408. The van der Waals surface area contributed by atoms with Crippen LogP contribution in [0.3, 0.4) is 0 Å². The Labute approximate surface area is 134 Å². The third-order valence-electron chi connectivity index (χ3n) is 2.76. The summed E-state index contributed by atoms with van der Waals surface area (Å²) in [7, 11) is 1.77. The monoisotopic (exact) mass is 331 g/mol. The van der Waals surface area contributed by atoms with Crippen molar-refractivity contribution < 1.29 is 4.79 Å². The molecule has 0 saturated carbocycles. The lowest BCUT2D eigenvalue weighted by atomic mass is 10.3. The minimum atomic E-state index is -0.272. The molecule has 0 fully saturated rings. The third kappa shape index (κ3) is 3.83. The summed E-state index contributed by atoms with van der Waals surface area (Å²) in [6.07, 6.45) is 4.65. The van der Waals surface area contributed by atoms with Gasteiger partial charge in [-0.15, -0.1) is 0 Å². The first-order chi connectivity index (χ1) is 11.1. The van der Waals surface area contributed by atoms with Gasteiger partial charge in [0.05, 0.1) is 18.3 Å².